The monoisotopic (exact) mass is 298 g/mol. The second-order valence-electron chi connectivity index (χ2n) is 3.65. The Bertz CT molecular complexity index is 525. The number of carboxylic acid groups (broad SMARTS) is 1. The molecule has 19 heavy (non-hydrogen) atoms. The van der Waals surface area contributed by atoms with Gasteiger partial charge in [-0.25, -0.2) is 9.18 Å². The Balaban J connectivity index is 2.93. The number of hydrogen-bond donors (Lipinski definition) is 1. The second-order valence-corrected chi connectivity index (χ2v) is 4.06. The lowest BCUT2D eigenvalue weighted by Gasteiger charge is -2.08. The smallest absolute Gasteiger partial charge is 0.449 e. The van der Waals surface area contributed by atoms with Crippen molar-refractivity contribution in [1.29, 1.82) is 0 Å². The SMILES string of the molecule is O=C(O)c1cc(CCC(=O)C(F)(F)F)c(F)cc1Cl. The second kappa shape index (κ2) is 5.56. The number of halogens is 5. The first-order valence-corrected chi connectivity index (χ1v) is 5.32. The Hall–Kier alpha value is -1.63. The lowest BCUT2D eigenvalue weighted by atomic mass is 10.0. The summed E-state index contributed by atoms with van der Waals surface area (Å²) in [4.78, 5) is 21.4. The molecule has 3 nitrogen and oxygen atoms in total. The highest BCUT2D eigenvalue weighted by Crippen LogP contribution is 2.24. The van der Waals surface area contributed by atoms with Crippen LogP contribution in [-0.2, 0) is 11.2 Å². The van der Waals surface area contributed by atoms with E-state index in [9.17, 15) is 27.2 Å². The molecule has 0 aliphatic rings. The third kappa shape index (κ3) is 3.92. The zero-order chi connectivity index (χ0) is 14.8. The summed E-state index contributed by atoms with van der Waals surface area (Å²) in [6.07, 6.45) is -6.50. The van der Waals surface area contributed by atoms with E-state index < -0.39 is 42.2 Å². The summed E-state index contributed by atoms with van der Waals surface area (Å²) >= 11 is 5.46. The lowest BCUT2D eigenvalue weighted by Crippen LogP contribution is -2.23. The first-order valence-electron chi connectivity index (χ1n) is 4.94. The summed E-state index contributed by atoms with van der Waals surface area (Å²) in [5.41, 5.74) is -0.739. The van der Waals surface area contributed by atoms with Crippen molar-refractivity contribution in [3.63, 3.8) is 0 Å². The molecular weight excluding hydrogens is 292 g/mol. The Kier molecular flexibility index (Phi) is 4.52. The van der Waals surface area contributed by atoms with Gasteiger partial charge in [-0.2, -0.15) is 13.2 Å². The minimum absolute atomic E-state index is 0.306. The summed E-state index contributed by atoms with van der Waals surface area (Å²) in [6.45, 7) is 0. The van der Waals surface area contributed by atoms with Gasteiger partial charge in [-0.3, -0.25) is 4.79 Å². The van der Waals surface area contributed by atoms with Crippen molar-refractivity contribution in [2.75, 3.05) is 0 Å². The van der Waals surface area contributed by atoms with E-state index in [4.69, 9.17) is 16.7 Å². The molecule has 0 heterocycles. The average molecular weight is 299 g/mol. The molecule has 0 atom stereocenters. The van der Waals surface area contributed by atoms with Gasteiger partial charge in [0.1, 0.15) is 5.82 Å². The minimum atomic E-state index is -4.99. The molecule has 0 saturated heterocycles. The highest BCUT2D eigenvalue weighted by Gasteiger charge is 2.37. The van der Waals surface area contributed by atoms with Crippen molar-refractivity contribution in [3.8, 4) is 0 Å². The van der Waals surface area contributed by atoms with Crippen molar-refractivity contribution in [3.05, 3.63) is 34.1 Å². The van der Waals surface area contributed by atoms with Crippen molar-refractivity contribution in [1.82, 2.24) is 0 Å². The van der Waals surface area contributed by atoms with Gasteiger partial charge in [0.05, 0.1) is 10.6 Å². The van der Waals surface area contributed by atoms with Gasteiger partial charge in [0, 0.05) is 6.42 Å². The van der Waals surface area contributed by atoms with Crippen LogP contribution in [0.2, 0.25) is 5.02 Å². The number of aryl methyl sites for hydroxylation is 1. The number of alkyl halides is 3. The van der Waals surface area contributed by atoms with Gasteiger partial charge in [-0.15, -0.1) is 0 Å². The van der Waals surface area contributed by atoms with Gasteiger partial charge in [-0.1, -0.05) is 11.6 Å². The molecule has 1 rings (SSSR count). The van der Waals surface area contributed by atoms with E-state index in [1.165, 1.54) is 0 Å². The molecule has 1 aromatic rings. The van der Waals surface area contributed by atoms with Crippen LogP contribution < -0.4 is 0 Å². The first kappa shape index (κ1) is 15.4. The van der Waals surface area contributed by atoms with Gasteiger partial charge in [-0.05, 0) is 24.1 Å². The third-order valence-corrected chi connectivity index (χ3v) is 2.62. The third-order valence-electron chi connectivity index (χ3n) is 2.30. The van der Waals surface area contributed by atoms with E-state index in [2.05, 4.69) is 0 Å². The molecule has 1 N–H and O–H groups in total. The van der Waals surface area contributed by atoms with E-state index in [0.717, 1.165) is 6.07 Å². The fourth-order valence-corrected chi connectivity index (χ4v) is 1.57. The molecule has 0 aliphatic carbocycles. The van der Waals surface area contributed by atoms with Crippen molar-refractivity contribution in [2.45, 2.75) is 19.0 Å². The molecule has 104 valence electrons. The van der Waals surface area contributed by atoms with Gasteiger partial charge >= 0.3 is 12.1 Å². The molecule has 0 bridgehead atoms. The van der Waals surface area contributed by atoms with Gasteiger partial charge < -0.3 is 5.11 Å². The van der Waals surface area contributed by atoms with Crippen LogP contribution in [0.4, 0.5) is 17.6 Å². The van der Waals surface area contributed by atoms with Crippen LogP contribution in [0.1, 0.15) is 22.3 Å². The number of ketones is 1. The summed E-state index contributed by atoms with van der Waals surface area (Å²) in [7, 11) is 0. The van der Waals surface area contributed by atoms with Crippen LogP contribution in [0.5, 0.6) is 0 Å². The number of carbonyl (C=O) groups is 2. The zero-order valence-electron chi connectivity index (χ0n) is 9.22. The van der Waals surface area contributed by atoms with Crippen molar-refractivity contribution >= 4 is 23.4 Å². The average Bonchev–Trinajstić information content (AvgIpc) is 2.25. The van der Waals surface area contributed by atoms with E-state index in [-0.39, 0.29) is 10.6 Å². The van der Waals surface area contributed by atoms with Crippen LogP contribution in [0.15, 0.2) is 12.1 Å². The number of rotatable bonds is 4. The number of hydrogen-bond acceptors (Lipinski definition) is 2. The van der Waals surface area contributed by atoms with Crippen LogP contribution in [0.25, 0.3) is 0 Å². The molecule has 0 aromatic heterocycles. The Morgan fingerprint density at radius 2 is 1.84 bits per heavy atom. The molecule has 1 aromatic carbocycles. The largest absolute Gasteiger partial charge is 0.478 e. The topological polar surface area (TPSA) is 54.4 Å². The quantitative estimate of drug-likeness (QED) is 0.868. The van der Waals surface area contributed by atoms with Gasteiger partial charge in [0.25, 0.3) is 0 Å². The summed E-state index contributed by atoms with van der Waals surface area (Å²) in [5.74, 6) is -4.39. The number of Topliss-reactive ketones (excluding diaryl/α,β-unsaturated/α-hetero) is 1. The van der Waals surface area contributed by atoms with E-state index in [1.807, 2.05) is 0 Å². The standard InChI is InChI=1S/C11H7ClF4O3/c12-7-4-8(13)5(3-6(7)10(18)19)1-2-9(17)11(14,15)16/h3-4H,1-2H2,(H,18,19). The number of benzene rings is 1. The summed E-state index contributed by atoms with van der Waals surface area (Å²) in [6, 6.07) is 1.52. The van der Waals surface area contributed by atoms with E-state index in [1.54, 1.807) is 0 Å². The normalized spacial score (nSPS) is 11.4. The Morgan fingerprint density at radius 3 is 2.32 bits per heavy atom. The van der Waals surface area contributed by atoms with E-state index in [0.29, 0.717) is 6.07 Å². The van der Waals surface area contributed by atoms with Crippen LogP contribution >= 0.6 is 11.6 Å². The van der Waals surface area contributed by atoms with Crippen LogP contribution in [0, 0.1) is 5.82 Å². The van der Waals surface area contributed by atoms with Crippen molar-refractivity contribution in [2.24, 2.45) is 0 Å². The minimum Gasteiger partial charge on any atom is -0.478 e. The molecule has 0 amide bonds. The molecule has 8 heteroatoms. The fraction of sp³-hybridized carbons (Fsp3) is 0.273. The maximum absolute atomic E-state index is 13.4. The van der Waals surface area contributed by atoms with Gasteiger partial charge in [0.15, 0.2) is 0 Å². The maximum atomic E-state index is 13.4. The number of carboxylic acids is 1. The van der Waals surface area contributed by atoms with Crippen LogP contribution in [-0.4, -0.2) is 23.0 Å². The Labute approximate surface area is 109 Å². The van der Waals surface area contributed by atoms with Crippen LogP contribution in [0.3, 0.4) is 0 Å². The van der Waals surface area contributed by atoms with Gasteiger partial charge in [0.2, 0.25) is 5.78 Å². The zero-order valence-corrected chi connectivity index (χ0v) is 9.98. The van der Waals surface area contributed by atoms with E-state index >= 15 is 0 Å². The number of aromatic carboxylic acids is 1. The highest BCUT2D eigenvalue weighted by molar-refractivity contribution is 6.33. The predicted octanol–water partition coefficient (Wildman–Crippen LogP) is 3.24. The first-order chi connectivity index (χ1) is 8.62. The fourth-order valence-electron chi connectivity index (χ4n) is 1.34. The Morgan fingerprint density at radius 1 is 1.26 bits per heavy atom. The summed E-state index contributed by atoms with van der Waals surface area (Å²) in [5, 5.41) is 8.37. The molecule has 0 spiro atoms. The predicted molar refractivity (Wildman–Crippen MR) is 57.8 cm³/mol. The maximum Gasteiger partial charge on any atom is 0.449 e. The molecular formula is C11H7ClF4O3. The molecule has 0 saturated carbocycles. The molecule has 0 fully saturated rings. The molecule has 0 unspecified atom stereocenters. The molecule has 0 aliphatic heterocycles. The molecule has 0 radical (unpaired) electrons. The number of carbonyl (C=O) groups excluding carboxylic acids is 1. The lowest BCUT2D eigenvalue weighted by molar-refractivity contribution is -0.171. The highest BCUT2D eigenvalue weighted by atomic mass is 35.5. The summed E-state index contributed by atoms with van der Waals surface area (Å²) < 4.78 is 49.3. The van der Waals surface area contributed by atoms with Crippen molar-refractivity contribution < 1.29 is 32.3 Å².